The van der Waals surface area contributed by atoms with Gasteiger partial charge < -0.3 is 16.6 Å². The van der Waals surface area contributed by atoms with Crippen molar-refractivity contribution in [3.63, 3.8) is 0 Å². The summed E-state index contributed by atoms with van der Waals surface area (Å²) in [4.78, 5) is 0. The smallest absolute Gasteiger partial charge is 0.115 e. The van der Waals surface area contributed by atoms with E-state index in [0.29, 0.717) is 11.4 Å². The van der Waals surface area contributed by atoms with E-state index in [-0.39, 0.29) is 5.75 Å². The molecule has 0 heterocycles. The van der Waals surface area contributed by atoms with Crippen LogP contribution >= 0.6 is 0 Å². The molecule has 2 aromatic carbocycles. The third kappa shape index (κ3) is 1.72. The van der Waals surface area contributed by atoms with E-state index in [0.717, 1.165) is 11.1 Å². The van der Waals surface area contributed by atoms with E-state index in [1.807, 2.05) is 6.07 Å². The van der Waals surface area contributed by atoms with Gasteiger partial charge in [-0.25, -0.2) is 0 Å². The first-order valence-corrected chi connectivity index (χ1v) is 4.62. The second-order valence-corrected chi connectivity index (χ2v) is 3.36. The molecule has 0 aliphatic heterocycles. The summed E-state index contributed by atoms with van der Waals surface area (Å²) in [7, 11) is 0. The molecule has 0 radical (unpaired) electrons. The highest BCUT2D eigenvalue weighted by Crippen LogP contribution is 2.32. The number of rotatable bonds is 1. The van der Waals surface area contributed by atoms with Gasteiger partial charge >= 0.3 is 0 Å². The van der Waals surface area contributed by atoms with Crippen LogP contribution in [0.25, 0.3) is 11.1 Å². The van der Waals surface area contributed by atoms with Crippen LogP contribution in [0.2, 0.25) is 0 Å². The zero-order chi connectivity index (χ0) is 10.8. The number of phenolic OH excluding ortho intramolecular Hbond substituents is 1. The molecule has 0 bridgehead atoms. The van der Waals surface area contributed by atoms with E-state index < -0.39 is 0 Å². The lowest BCUT2D eigenvalue weighted by molar-refractivity contribution is 0.475. The van der Waals surface area contributed by atoms with E-state index in [4.69, 9.17) is 11.5 Å². The highest BCUT2D eigenvalue weighted by atomic mass is 16.3. The molecule has 0 amide bonds. The van der Waals surface area contributed by atoms with Gasteiger partial charge in [-0.05, 0) is 29.8 Å². The van der Waals surface area contributed by atoms with Crippen molar-refractivity contribution in [1.82, 2.24) is 0 Å². The summed E-state index contributed by atoms with van der Waals surface area (Å²) < 4.78 is 0. The summed E-state index contributed by atoms with van der Waals surface area (Å²) in [5, 5.41) is 9.18. The summed E-state index contributed by atoms with van der Waals surface area (Å²) in [5.74, 6) is 0.229. The van der Waals surface area contributed by atoms with Crippen molar-refractivity contribution in [2.75, 3.05) is 11.5 Å². The van der Waals surface area contributed by atoms with Gasteiger partial charge in [0.25, 0.3) is 0 Å². The van der Waals surface area contributed by atoms with Gasteiger partial charge in [0.15, 0.2) is 0 Å². The molecule has 0 spiro atoms. The maximum atomic E-state index is 9.18. The molecule has 0 atom stereocenters. The Morgan fingerprint density at radius 2 is 1.33 bits per heavy atom. The quantitative estimate of drug-likeness (QED) is 0.618. The molecule has 0 aromatic heterocycles. The van der Waals surface area contributed by atoms with Crippen molar-refractivity contribution in [2.45, 2.75) is 0 Å². The molecule has 0 aliphatic carbocycles. The Kier molecular flexibility index (Phi) is 2.21. The summed E-state index contributed by atoms with van der Waals surface area (Å²) in [6.07, 6.45) is 0. The number of hydrogen-bond donors (Lipinski definition) is 3. The van der Waals surface area contributed by atoms with Gasteiger partial charge in [-0.2, -0.15) is 0 Å². The van der Waals surface area contributed by atoms with E-state index in [2.05, 4.69) is 0 Å². The van der Waals surface area contributed by atoms with Crippen molar-refractivity contribution in [2.24, 2.45) is 0 Å². The standard InChI is InChI=1S/C12H12N2O/c13-10-2-1-3-11(14)12(10)8-4-6-9(15)7-5-8/h1-7,15H,13-14H2. The molecule has 0 saturated carbocycles. The topological polar surface area (TPSA) is 72.3 Å². The summed E-state index contributed by atoms with van der Waals surface area (Å²) >= 11 is 0. The van der Waals surface area contributed by atoms with E-state index in [9.17, 15) is 5.11 Å². The lowest BCUT2D eigenvalue weighted by Crippen LogP contribution is -1.95. The van der Waals surface area contributed by atoms with Crippen molar-refractivity contribution in [1.29, 1.82) is 0 Å². The van der Waals surface area contributed by atoms with Crippen LogP contribution in [-0.2, 0) is 0 Å². The number of hydrogen-bond acceptors (Lipinski definition) is 3. The molecule has 3 heteroatoms. The monoisotopic (exact) mass is 200 g/mol. The minimum absolute atomic E-state index is 0.229. The molecule has 0 saturated heterocycles. The fraction of sp³-hybridized carbons (Fsp3) is 0. The molecule has 3 nitrogen and oxygen atoms in total. The van der Waals surface area contributed by atoms with Gasteiger partial charge in [0.05, 0.1) is 0 Å². The molecule has 5 N–H and O–H groups in total. The van der Waals surface area contributed by atoms with E-state index >= 15 is 0 Å². The fourth-order valence-corrected chi connectivity index (χ4v) is 1.55. The van der Waals surface area contributed by atoms with Gasteiger partial charge in [0, 0.05) is 16.9 Å². The molecule has 15 heavy (non-hydrogen) atoms. The predicted molar refractivity (Wildman–Crippen MR) is 62.4 cm³/mol. The number of nitrogens with two attached hydrogens (primary N) is 2. The molecule has 2 rings (SSSR count). The maximum Gasteiger partial charge on any atom is 0.115 e. The minimum atomic E-state index is 0.229. The first-order chi connectivity index (χ1) is 7.18. The minimum Gasteiger partial charge on any atom is -0.508 e. The Balaban J connectivity index is 2.58. The molecular formula is C12H12N2O. The average Bonchev–Trinajstić information content (AvgIpc) is 2.20. The van der Waals surface area contributed by atoms with Gasteiger partial charge in [0.1, 0.15) is 5.75 Å². The van der Waals surface area contributed by atoms with Gasteiger partial charge in [0.2, 0.25) is 0 Å². The molecule has 2 aromatic rings. The number of aromatic hydroxyl groups is 1. The van der Waals surface area contributed by atoms with Crippen molar-refractivity contribution >= 4 is 11.4 Å². The third-order valence-corrected chi connectivity index (χ3v) is 2.28. The highest BCUT2D eigenvalue weighted by Gasteiger charge is 2.05. The Morgan fingerprint density at radius 1 is 0.800 bits per heavy atom. The number of nitrogen functional groups attached to an aromatic ring is 2. The first-order valence-electron chi connectivity index (χ1n) is 4.62. The van der Waals surface area contributed by atoms with Crippen LogP contribution in [0.1, 0.15) is 0 Å². The Hall–Kier alpha value is -2.16. The molecule has 0 unspecified atom stereocenters. The third-order valence-electron chi connectivity index (χ3n) is 2.28. The number of anilines is 2. The molecule has 0 aliphatic rings. The van der Waals surface area contributed by atoms with Gasteiger partial charge in [-0.3, -0.25) is 0 Å². The predicted octanol–water partition coefficient (Wildman–Crippen LogP) is 2.22. The Bertz CT molecular complexity index is 457. The summed E-state index contributed by atoms with van der Waals surface area (Å²) in [6, 6.07) is 12.2. The Labute approximate surface area is 88.0 Å². The zero-order valence-corrected chi connectivity index (χ0v) is 8.14. The second kappa shape index (κ2) is 3.53. The van der Waals surface area contributed by atoms with Crippen LogP contribution in [0.3, 0.4) is 0 Å². The summed E-state index contributed by atoms with van der Waals surface area (Å²) in [6.45, 7) is 0. The van der Waals surface area contributed by atoms with Crippen LogP contribution in [0.4, 0.5) is 11.4 Å². The van der Waals surface area contributed by atoms with Crippen molar-refractivity contribution in [3.8, 4) is 16.9 Å². The lowest BCUT2D eigenvalue weighted by atomic mass is 10.0. The van der Waals surface area contributed by atoms with Crippen molar-refractivity contribution in [3.05, 3.63) is 42.5 Å². The van der Waals surface area contributed by atoms with Gasteiger partial charge in [-0.1, -0.05) is 18.2 Å². The normalized spacial score (nSPS) is 10.1. The van der Waals surface area contributed by atoms with E-state index in [1.54, 1.807) is 36.4 Å². The zero-order valence-electron chi connectivity index (χ0n) is 8.14. The van der Waals surface area contributed by atoms with E-state index in [1.165, 1.54) is 0 Å². The Morgan fingerprint density at radius 3 is 1.87 bits per heavy atom. The van der Waals surface area contributed by atoms with Crippen LogP contribution in [0, 0.1) is 0 Å². The number of benzene rings is 2. The molecular weight excluding hydrogens is 188 g/mol. The maximum absolute atomic E-state index is 9.18. The van der Waals surface area contributed by atoms with Gasteiger partial charge in [-0.15, -0.1) is 0 Å². The second-order valence-electron chi connectivity index (χ2n) is 3.36. The first kappa shape index (κ1) is 9.40. The van der Waals surface area contributed by atoms with Crippen LogP contribution < -0.4 is 11.5 Å². The van der Waals surface area contributed by atoms with Crippen molar-refractivity contribution < 1.29 is 5.11 Å². The largest absolute Gasteiger partial charge is 0.508 e. The lowest BCUT2D eigenvalue weighted by Gasteiger charge is -2.08. The summed E-state index contributed by atoms with van der Waals surface area (Å²) in [5.41, 5.74) is 14.7. The highest BCUT2D eigenvalue weighted by molar-refractivity contribution is 5.86. The van der Waals surface area contributed by atoms with Crippen LogP contribution in [-0.4, -0.2) is 5.11 Å². The number of phenols is 1. The average molecular weight is 200 g/mol. The SMILES string of the molecule is Nc1cccc(N)c1-c1ccc(O)cc1. The molecule has 76 valence electrons. The fourth-order valence-electron chi connectivity index (χ4n) is 1.55. The van der Waals surface area contributed by atoms with Crippen LogP contribution in [0.15, 0.2) is 42.5 Å². The van der Waals surface area contributed by atoms with Crippen LogP contribution in [0.5, 0.6) is 5.75 Å². The molecule has 0 fully saturated rings.